The van der Waals surface area contributed by atoms with Gasteiger partial charge in [-0.3, -0.25) is 10.1 Å². The van der Waals surface area contributed by atoms with Gasteiger partial charge in [0, 0.05) is 25.3 Å². The van der Waals surface area contributed by atoms with Crippen LogP contribution in [-0.4, -0.2) is 34.2 Å². The average molecular weight is 281 g/mol. The Morgan fingerprint density at radius 2 is 2.30 bits per heavy atom. The summed E-state index contributed by atoms with van der Waals surface area (Å²) in [5.74, 6) is 6.04. The van der Waals surface area contributed by atoms with Crippen molar-refractivity contribution < 1.29 is 10.0 Å². The van der Waals surface area contributed by atoms with E-state index in [1.54, 1.807) is 0 Å². The van der Waals surface area contributed by atoms with Crippen LogP contribution in [0, 0.1) is 10.1 Å². The number of hydrogen-bond acceptors (Lipinski definition) is 7. The van der Waals surface area contributed by atoms with Gasteiger partial charge in [-0.2, -0.15) is 0 Å². The standard InChI is InChI=1S/C12H19N5O3/c13-15-11-6-5-10(17(19)20)12(14-11)16(7-2-8-18)9-3-1-4-9/h5-6,9,18H,1-4,7-8,13H2,(H,14,15). The monoisotopic (exact) mass is 281 g/mol. The lowest BCUT2D eigenvalue weighted by Crippen LogP contribution is -2.42. The summed E-state index contributed by atoms with van der Waals surface area (Å²) in [6.45, 7) is 0.592. The van der Waals surface area contributed by atoms with Gasteiger partial charge in [0.15, 0.2) is 0 Å². The van der Waals surface area contributed by atoms with Crippen LogP contribution in [-0.2, 0) is 0 Å². The summed E-state index contributed by atoms with van der Waals surface area (Å²) >= 11 is 0. The molecule has 0 unspecified atom stereocenters. The highest BCUT2D eigenvalue weighted by atomic mass is 16.6. The Balaban J connectivity index is 2.35. The van der Waals surface area contributed by atoms with Crippen molar-refractivity contribution in [3.63, 3.8) is 0 Å². The minimum Gasteiger partial charge on any atom is -0.396 e. The van der Waals surface area contributed by atoms with Crippen LogP contribution in [0.3, 0.4) is 0 Å². The van der Waals surface area contributed by atoms with Crippen LogP contribution in [0.1, 0.15) is 25.7 Å². The predicted molar refractivity (Wildman–Crippen MR) is 75.4 cm³/mol. The van der Waals surface area contributed by atoms with E-state index >= 15 is 0 Å². The highest BCUT2D eigenvalue weighted by Gasteiger charge is 2.30. The molecule has 0 atom stereocenters. The first-order valence-electron chi connectivity index (χ1n) is 6.67. The molecule has 1 aromatic heterocycles. The van der Waals surface area contributed by atoms with Crippen LogP contribution in [0.2, 0.25) is 0 Å². The number of nitrogens with one attached hydrogen (secondary N) is 1. The summed E-state index contributed by atoms with van der Waals surface area (Å²) in [5, 5.41) is 20.2. The van der Waals surface area contributed by atoms with Crippen molar-refractivity contribution >= 4 is 17.3 Å². The number of nitrogens with two attached hydrogens (primary N) is 1. The van der Waals surface area contributed by atoms with E-state index in [0.29, 0.717) is 24.6 Å². The molecule has 0 saturated heterocycles. The van der Waals surface area contributed by atoms with Gasteiger partial charge < -0.3 is 15.4 Å². The fourth-order valence-electron chi connectivity index (χ4n) is 2.28. The van der Waals surface area contributed by atoms with E-state index in [4.69, 9.17) is 10.9 Å². The minimum atomic E-state index is -0.437. The second-order valence-corrected chi connectivity index (χ2v) is 4.80. The maximum atomic E-state index is 11.2. The van der Waals surface area contributed by atoms with E-state index in [9.17, 15) is 10.1 Å². The number of aliphatic hydroxyl groups excluding tert-OH is 1. The largest absolute Gasteiger partial charge is 0.396 e. The van der Waals surface area contributed by atoms with E-state index in [0.717, 1.165) is 19.3 Å². The summed E-state index contributed by atoms with van der Waals surface area (Å²) in [7, 11) is 0. The van der Waals surface area contributed by atoms with E-state index in [1.165, 1.54) is 12.1 Å². The average Bonchev–Trinajstić information content (AvgIpc) is 2.40. The Morgan fingerprint density at radius 3 is 2.80 bits per heavy atom. The van der Waals surface area contributed by atoms with Crippen LogP contribution in [0.25, 0.3) is 0 Å². The molecule has 1 aliphatic rings. The number of nitro groups is 1. The molecular formula is C12H19N5O3. The number of anilines is 2. The molecule has 2 rings (SSSR count). The summed E-state index contributed by atoms with van der Waals surface area (Å²) in [5.41, 5.74) is 2.38. The third kappa shape index (κ3) is 2.97. The van der Waals surface area contributed by atoms with Crippen molar-refractivity contribution in [1.29, 1.82) is 0 Å². The van der Waals surface area contributed by atoms with Gasteiger partial charge in [-0.1, -0.05) is 0 Å². The number of hydrazine groups is 1. The molecule has 0 aliphatic heterocycles. The Labute approximate surface area is 116 Å². The van der Waals surface area contributed by atoms with Crippen molar-refractivity contribution in [2.45, 2.75) is 31.7 Å². The minimum absolute atomic E-state index is 0.0335. The van der Waals surface area contributed by atoms with E-state index in [2.05, 4.69) is 10.4 Å². The van der Waals surface area contributed by atoms with Gasteiger partial charge >= 0.3 is 5.69 Å². The SMILES string of the molecule is NNc1ccc([N+](=O)[O-])c(N(CCCO)C2CCC2)n1. The Bertz CT molecular complexity index is 478. The molecule has 1 fully saturated rings. The van der Waals surface area contributed by atoms with Crippen LogP contribution in [0.15, 0.2) is 12.1 Å². The Hall–Kier alpha value is -1.93. The summed E-state index contributed by atoms with van der Waals surface area (Å²) in [6, 6.07) is 3.13. The fraction of sp³-hybridized carbons (Fsp3) is 0.583. The summed E-state index contributed by atoms with van der Waals surface area (Å²) in [6.07, 6.45) is 3.65. The normalized spacial score (nSPS) is 14.7. The van der Waals surface area contributed by atoms with Crippen LogP contribution >= 0.6 is 0 Å². The van der Waals surface area contributed by atoms with Gasteiger partial charge in [-0.15, -0.1) is 0 Å². The third-order valence-electron chi connectivity index (χ3n) is 3.54. The molecule has 8 heteroatoms. The Morgan fingerprint density at radius 1 is 1.55 bits per heavy atom. The van der Waals surface area contributed by atoms with Crippen molar-refractivity contribution in [1.82, 2.24) is 4.98 Å². The van der Waals surface area contributed by atoms with Crippen LogP contribution in [0.4, 0.5) is 17.3 Å². The molecule has 1 aromatic rings. The molecule has 4 N–H and O–H groups in total. The van der Waals surface area contributed by atoms with Gasteiger partial charge in [0.2, 0.25) is 5.82 Å². The predicted octanol–water partition coefficient (Wildman–Crippen LogP) is 1.02. The molecule has 0 radical (unpaired) electrons. The zero-order chi connectivity index (χ0) is 14.5. The summed E-state index contributed by atoms with van der Waals surface area (Å²) in [4.78, 5) is 16.9. The second kappa shape index (κ2) is 6.49. The van der Waals surface area contributed by atoms with Crippen molar-refractivity contribution in [3.05, 3.63) is 22.2 Å². The number of aromatic nitrogens is 1. The zero-order valence-corrected chi connectivity index (χ0v) is 11.2. The molecule has 8 nitrogen and oxygen atoms in total. The highest BCUT2D eigenvalue weighted by molar-refractivity contribution is 5.62. The lowest BCUT2D eigenvalue weighted by atomic mass is 9.91. The van der Waals surface area contributed by atoms with Crippen molar-refractivity contribution in [2.24, 2.45) is 5.84 Å². The maximum Gasteiger partial charge on any atom is 0.311 e. The lowest BCUT2D eigenvalue weighted by molar-refractivity contribution is -0.384. The first-order valence-corrected chi connectivity index (χ1v) is 6.67. The van der Waals surface area contributed by atoms with E-state index in [-0.39, 0.29) is 18.3 Å². The number of hydrogen-bond donors (Lipinski definition) is 3. The first-order chi connectivity index (χ1) is 9.67. The third-order valence-corrected chi connectivity index (χ3v) is 3.54. The number of pyridine rings is 1. The Kier molecular flexibility index (Phi) is 4.70. The molecule has 1 heterocycles. The van der Waals surface area contributed by atoms with Crippen molar-refractivity contribution in [3.8, 4) is 0 Å². The smallest absolute Gasteiger partial charge is 0.311 e. The van der Waals surface area contributed by atoms with E-state index < -0.39 is 4.92 Å². The quantitative estimate of drug-likeness (QED) is 0.388. The van der Waals surface area contributed by atoms with Gasteiger partial charge in [-0.05, 0) is 31.7 Å². The number of rotatable bonds is 7. The zero-order valence-electron chi connectivity index (χ0n) is 11.2. The summed E-state index contributed by atoms with van der Waals surface area (Å²) < 4.78 is 0. The molecule has 0 aromatic carbocycles. The molecule has 110 valence electrons. The molecule has 20 heavy (non-hydrogen) atoms. The number of nitrogens with zero attached hydrogens (tertiary/aromatic N) is 3. The number of aliphatic hydroxyl groups is 1. The van der Waals surface area contributed by atoms with Gasteiger partial charge in [0.05, 0.1) is 4.92 Å². The van der Waals surface area contributed by atoms with E-state index in [1.807, 2.05) is 4.90 Å². The van der Waals surface area contributed by atoms with Crippen LogP contribution < -0.4 is 16.2 Å². The lowest BCUT2D eigenvalue weighted by Gasteiger charge is -2.38. The molecule has 1 saturated carbocycles. The topological polar surface area (TPSA) is 118 Å². The van der Waals surface area contributed by atoms with Gasteiger partial charge in [0.1, 0.15) is 5.82 Å². The molecule has 0 bridgehead atoms. The van der Waals surface area contributed by atoms with Crippen LogP contribution in [0.5, 0.6) is 0 Å². The molecule has 0 amide bonds. The highest BCUT2D eigenvalue weighted by Crippen LogP contribution is 2.34. The molecule has 0 spiro atoms. The maximum absolute atomic E-state index is 11.2. The molecule has 1 aliphatic carbocycles. The van der Waals surface area contributed by atoms with Crippen molar-refractivity contribution in [2.75, 3.05) is 23.5 Å². The fourth-order valence-corrected chi connectivity index (χ4v) is 2.28. The second-order valence-electron chi connectivity index (χ2n) is 4.80. The van der Waals surface area contributed by atoms with Gasteiger partial charge in [-0.25, -0.2) is 10.8 Å². The first kappa shape index (κ1) is 14.5. The number of nitrogen functional groups attached to an aromatic ring is 1. The van der Waals surface area contributed by atoms with Gasteiger partial charge in [0.25, 0.3) is 0 Å². The molecular weight excluding hydrogens is 262 g/mol.